The molecule has 0 aliphatic carbocycles. The van der Waals surface area contributed by atoms with Gasteiger partial charge in [-0.25, -0.2) is 9.97 Å². The van der Waals surface area contributed by atoms with Gasteiger partial charge < -0.3 is 0 Å². The molecule has 23 heavy (non-hydrogen) atoms. The molecule has 0 atom stereocenters. The summed E-state index contributed by atoms with van der Waals surface area (Å²) in [5, 5.41) is 0.380. The van der Waals surface area contributed by atoms with E-state index in [-0.39, 0.29) is 0 Å². The fourth-order valence-corrected chi connectivity index (χ4v) is 2.65. The second-order valence-electron chi connectivity index (χ2n) is 4.99. The maximum absolute atomic E-state index is 6.25. The van der Waals surface area contributed by atoms with Gasteiger partial charge in [-0.1, -0.05) is 79.4 Å². The van der Waals surface area contributed by atoms with E-state index in [4.69, 9.17) is 11.6 Å². The summed E-state index contributed by atoms with van der Waals surface area (Å²) in [4.78, 5) is 8.94. The number of aromatic nitrogens is 2. The SMILES string of the molecule is C=Cc1nc(-c2cccc(-c3ccccc3)c2)nc(Cl)c1C=C. The van der Waals surface area contributed by atoms with E-state index in [9.17, 15) is 0 Å². The lowest BCUT2D eigenvalue weighted by atomic mass is 10.0. The standard InChI is InChI=1S/C20H15ClN2/c1-3-17-18(4-2)22-20(23-19(17)21)16-12-8-11-15(13-16)14-9-6-5-7-10-14/h3-13H,1-2H2. The molecule has 112 valence electrons. The van der Waals surface area contributed by atoms with E-state index in [0.717, 1.165) is 16.7 Å². The zero-order valence-corrected chi connectivity index (χ0v) is 13.3. The van der Waals surface area contributed by atoms with Gasteiger partial charge in [-0.15, -0.1) is 0 Å². The summed E-state index contributed by atoms with van der Waals surface area (Å²) in [6.07, 6.45) is 3.30. The minimum absolute atomic E-state index is 0.380. The van der Waals surface area contributed by atoms with Crippen LogP contribution in [0.1, 0.15) is 11.3 Å². The first-order chi connectivity index (χ1) is 11.2. The van der Waals surface area contributed by atoms with Crippen molar-refractivity contribution >= 4 is 23.8 Å². The van der Waals surface area contributed by atoms with Gasteiger partial charge in [-0.05, 0) is 23.3 Å². The molecule has 2 nitrogen and oxygen atoms in total. The lowest BCUT2D eigenvalue weighted by Crippen LogP contribution is -1.97. The quantitative estimate of drug-likeness (QED) is 0.572. The second-order valence-corrected chi connectivity index (χ2v) is 5.35. The molecule has 0 spiro atoms. The van der Waals surface area contributed by atoms with Crippen LogP contribution in [0.4, 0.5) is 0 Å². The molecule has 0 radical (unpaired) electrons. The summed E-state index contributed by atoms with van der Waals surface area (Å²) in [6.45, 7) is 7.53. The Bertz CT molecular complexity index is 870. The topological polar surface area (TPSA) is 25.8 Å². The number of nitrogens with zero attached hydrogens (tertiary/aromatic N) is 2. The molecule has 0 fully saturated rings. The Balaban J connectivity index is 2.11. The molecule has 3 rings (SSSR count). The van der Waals surface area contributed by atoms with Crippen molar-refractivity contribution in [2.24, 2.45) is 0 Å². The minimum atomic E-state index is 0.380. The third-order valence-electron chi connectivity index (χ3n) is 3.55. The maximum Gasteiger partial charge on any atom is 0.161 e. The van der Waals surface area contributed by atoms with Crippen molar-refractivity contribution in [3.05, 3.63) is 84.2 Å². The Morgan fingerprint density at radius 3 is 2.17 bits per heavy atom. The average Bonchev–Trinajstić information content (AvgIpc) is 2.61. The molecule has 0 aliphatic heterocycles. The van der Waals surface area contributed by atoms with Crippen LogP contribution in [0.2, 0.25) is 5.15 Å². The van der Waals surface area contributed by atoms with Crippen molar-refractivity contribution in [3.8, 4) is 22.5 Å². The Hall–Kier alpha value is -2.71. The van der Waals surface area contributed by atoms with Gasteiger partial charge in [0.1, 0.15) is 5.15 Å². The summed E-state index contributed by atoms with van der Waals surface area (Å²) >= 11 is 6.25. The van der Waals surface area contributed by atoms with Crippen molar-refractivity contribution in [1.82, 2.24) is 9.97 Å². The molecule has 0 bridgehead atoms. The molecule has 0 amide bonds. The van der Waals surface area contributed by atoms with Crippen molar-refractivity contribution in [3.63, 3.8) is 0 Å². The first-order valence-corrected chi connectivity index (χ1v) is 7.59. The Morgan fingerprint density at radius 1 is 0.783 bits per heavy atom. The van der Waals surface area contributed by atoms with Gasteiger partial charge in [-0.3, -0.25) is 0 Å². The molecule has 0 N–H and O–H groups in total. The highest BCUT2D eigenvalue weighted by Gasteiger charge is 2.10. The van der Waals surface area contributed by atoms with Gasteiger partial charge in [0.05, 0.1) is 5.69 Å². The smallest absolute Gasteiger partial charge is 0.161 e. The lowest BCUT2D eigenvalue weighted by molar-refractivity contribution is 1.15. The van der Waals surface area contributed by atoms with E-state index in [0.29, 0.717) is 22.2 Å². The molecule has 0 saturated heterocycles. The fourth-order valence-electron chi connectivity index (χ4n) is 2.40. The fraction of sp³-hybridized carbons (Fsp3) is 0. The Labute approximate surface area is 140 Å². The van der Waals surface area contributed by atoms with Crippen LogP contribution in [-0.2, 0) is 0 Å². The Kier molecular flexibility index (Phi) is 4.35. The number of hydrogen-bond acceptors (Lipinski definition) is 2. The van der Waals surface area contributed by atoms with Crippen LogP contribution >= 0.6 is 11.6 Å². The van der Waals surface area contributed by atoms with Crippen LogP contribution in [0.25, 0.3) is 34.7 Å². The predicted molar refractivity (Wildman–Crippen MR) is 98.1 cm³/mol. The average molecular weight is 319 g/mol. The van der Waals surface area contributed by atoms with Crippen molar-refractivity contribution in [1.29, 1.82) is 0 Å². The first kappa shape index (κ1) is 15.2. The Morgan fingerprint density at radius 2 is 1.48 bits per heavy atom. The van der Waals surface area contributed by atoms with Gasteiger partial charge in [0.2, 0.25) is 0 Å². The highest BCUT2D eigenvalue weighted by molar-refractivity contribution is 6.31. The molecule has 1 heterocycles. The van der Waals surface area contributed by atoms with Crippen LogP contribution in [0.15, 0.2) is 67.8 Å². The first-order valence-electron chi connectivity index (χ1n) is 7.21. The van der Waals surface area contributed by atoms with Crippen LogP contribution in [-0.4, -0.2) is 9.97 Å². The molecule has 0 saturated carbocycles. The zero-order chi connectivity index (χ0) is 16.2. The maximum atomic E-state index is 6.25. The van der Waals surface area contributed by atoms with Crippen molar-refractivity contribution < 1.29 is 0 Å². The molecular weight excluding hydrogens is 304 g/mol. The number of rotatable bonds is 4. The van der Waals surface area contributed by atoms with Gasteiger partial charge in [0.15, 0.2) is 5.82 Å². The number of hydrogen-bond donors (Lipinski definition) is 0. The predicted octanol–water partition coefficient (Wildman–Crippen LogP) is 5.75. The molecule has 0 unspecified atom stereocenters. The number of halogens is 1. The summed E-state index contributed by atoms with van der Waals surface area (Å²) in [6, 6.07) is 18.3. The highest BCUT2D eigenvalue weighted by atomic mass is 35.5. The second kappa shape index (κ2) is 6.59. The van der Waals surface area contributed by atoms with Gasteiger partial charge in [0.25, 0.3) is 0 Å². The van der Waals surface area contributed by atoms with E-state index in [2.05, 4.69) is 47.4 Å². The van der Waals surface area contributed by atoms with Gasteiger partial charge in [-0.2, -0.15) is 0 Å². The van der Waals surface area contributed by atoms with E-state index >= 15 is 0 Å². The summed E-state index contributed by atoms with van der Waals surface area (Å²) < 4.78 is 0. The normalized spacial score (nSPS) is 10.3. The third-order valence-corrected chi connectivity index (χ3v) is 3.84. The van der Waals surface area contributed by atoms with E-state index < -0.39 is 0 Å². The van der Waals surface area contributed by atoms with Crippen LogP contribution < -0.4 is 0 Å². The van der Waals surface area contributed by atoms with Crippen LogP contribution in [0.5, 0.6) is 0 Å². The van der Waals surface area contributed by atoms with Crippen LogP contribution in [0, 0.1) is 0 Å². The highest BCUT2D eigenvalue weighted by Crippen LogP contribution is 2.27. The monoisotopic (exact) mass is 318 g/mol. The van der Waals surface area contributed by atoms with E-state index in [1.165, 1.54) is 0 Å². The van der Waals surface area contributed by atoms with E-state index in [1.54, 1.807) is 12.2 Å². The molecular formula is C20H15ClN2. The molecule has 3 heteroatoms. The number of benzene rings is 2. The molecule has 0 aliphatic rings. The van der Waals surface area contributed by atoms with Gasteiger partial charge in [0, 0.05) is 11.1 Å². The summed E-state index contributed by atoms with van der Waals surface area (Å²) in [5.74, 6) is 0.577. The van der Waals surface area contributed by atoms with Gasteiger partial charge >= 0.3 is 0 Å². The minimum Gasteiger partial charge on any atom is -0.228 e. The zero-order valence-electron chi connectivity index (χ0n) is 12.5. The van der Waals surface area contributed by atoms with E-state index in [1.807, 2.05) is 30.3 Å². The van der Waals surface area contributed by atoms with Crippen LogP contribution in [0.3, 0.4) is 0 Å². The molecule has 3 aromatic rings. The molecule has 2 aromatic carbocycles. The summed E-state index contributed by atoms with van der Waals surface area (Å²) in [7, 11) is 0. The largest absolute Gasteiger partial charge is 0.228 e. The summed E-state index contributed by atoms with van der Waals surface area (Å²) in [5.41, 5.74) is 4.54. The lowest BCUT2D eigenvalue weighted by Gasteiger charge is -2.08. The third kappa shape index (κ3) is 3.08. The van der Waals surface area contributed by atoms with Crippen molar-refractivity contribution in [2.45, 2.75) is 0 Å². The molecule has 1 aromatic heterocycles. The van der Waals surface area contributed by atoms with Crippen molar-refractivity contribution in [2.75, 3.05) is 0 Å².